The normalized spacial score (nSPS) is 25.8. The Morgan fingerprint density at radius 1 is 1.00 bits per heavy atom. The molecule has 30 heavy (non-hydrogen) atoms. The summed E-state index contributed by atoms with van der Waals surface area (Å²) in [5.41, 5.74) is 2.99. The lowest BCUT2D eigenvalue weighted by Crippen LogP contribution is -2.39. The Kier molecular flexibility index (Phi) is 6.34. The van der Waals surface area contributed by atoms with Crippen LogP contribution in [0, 0.1) is 17.8 Å². The Morgan fingerprint density at radius 2 is 1.80 bits per heavy atom. The molecule has 0 radical (unpaired) electrons. The highest BCUT2D eigenvalue weighted by Crippen LogP contribution is 2.47. The van der Waals surface area contributed by atoms with Crippen molar-refractivity contribution in [3.63, 3.8) is 0 Å². The zero-order chi connectivity index (χ0) is 21.1. The van der Waals surface area contributed by atoms with Gasteiger partial charge in [-0.2, -0.15) is 0 Å². The SMILES string of the molecule is CCC1CC2CCC(C2)C1Nc1ccc(S(=O)(=O)NC)cc1NCc1ccccc1. The first-order valence-electron chi connectivity index (χ1n) is 11.1. The average Bonchev–Trinajstić information content (AvgIpc) is 3.17. The van der Waals surface area contributed by atoms with Gasteiger partial charge in [0.15, 0.2) is 0 Å². The number of fused-ring (bicyclic) bond motifs is 2. The number of sulfonamides is 1. The van der Waals surface area contributed by atoms with Gasteiger partial charge in [0.2, 0.25) is 10.0 Å². The van der Waals surface area contributed by atoms with E-state index in [9.17, 15) is 8.42 Å². The molecule has 0 spiro atoms. The van der Waals surface area contributed by atoms with Gasteiger partial charge in [0.25, 0.3) is 0 Å². The summed E-state index contributed by atoms with van der Waals surface area (Å²) in [6.45, 7) is 2.94. The fourth-order valence-electron chi connectivity index (χ4n) is 5.32. The summed E-state index contributed by atoms with van der Waals surface area (Å²) in [6, 6.07) is 16.0. The maximum atomic E-state index is 12.4. The van der Waals surface area contributed by atoms with Gasteiger partial charge in [-0.3, -0.25) is 0 Å². The molecule has 2 fully saturated rings. The second-order valence-electron chi connectivity index (χ2n) is 8.77. The third-order valence-electron chi connectivity index (χ3n) is 6.98. The summed E-state index contributed by atoms with van der Waals surface area (Å²) in [5.74, 6) is 2.30. The van der Waals surface area contributed by atoms with Gasteiger partial charge in [-0.05, 0) is 67.8 Å². The number of anilines is 2. The molecule has 0 aromatic heterocycles. The lowest BCUT2D eigenvalue weighted by atomic mass is 9.75. The second kappa shape index (κ2) is 8.98. The van der Waals surface area contributed by atoms with Crippen molar-refractivity contribution in [2.75, 3.05) is 17.7 Å². The molecule has 2 aromatic carbocycles. The van der Waals surface area contributed by atoms with Gasteiger partial charge in [-0.1, -0.05) is 50.1 Å². The molecule has 0 heterocycles. The molecule has 4 unspecified atom stereocenters. The number of hydrogen-bond acceptors (Lipinski definition) is 4. The quantitative estimate of drug-likeness (QED) is 0.564. The molecule has 0 saturated heterocycles. The van der Waals surface area contributed by atoms with E-state index in [0.717, 1.165) is 28.8 Å². The van der Waals surface area contributed by atoms with E-state index >= 15 is 0 Å². The summed E-state index contributed by atoms with van der Waals surface area (Å²) < 4.78 is 27.2. The van der Waals surface area contributed by atoms with E-state index in [4.69, 9.17) is 0 Å². The standard InChI is InChI=1S/C24H33N3O2S/c1-3-19-13-18-9-10-20(14-18)24(19)27-22-12-11-21(30(28,29)25-2)15-23(22)26-16-17-7-5-4-6-8-17/h4-8,11-12,15,18-20,24-27H,3,9-10,13-14,16H2,1-2H3. The van der Waals surface area contributed by atoms with E-state index < -0.39 is 10.0 Å². The van der Waals surface area contributed by atoms with Crippen LogP contribution in [-0.2, 0) is 16.6 Å². The van der Waals surface area contributed by atoms with Crippen molar-refractivity contribution in [2.24, 2.45) is 17.8 Å². The van der Waals surface area contributed by atoms with Crippen LogP contribution >= 0.6 is 0 Å². The average molecular weight is 428 g/mol. The van der Waals surface area contributed by atoms with Crippen LogP contribution in [0.4, 0.5) is 11.4 Å². The third-order valence-corrected chi connectivity index (χ3v) is 8.39. The predicted molar refractivity (Wildman–Crippen MR) is 123 cm³/mol. The number of nitrogens with one attached hydrogen (secondary N) is 3. The van der Waals surface area contributed by atoms with Crippen molar-refractivity contribution >= 4 is 21.4 Å². The van der Waals surface area contributed by atoms with E-state index in [1.165, 1.54) is 39.2 Å². The van der Waals surface area contributed by atoms with Gasteiger partial charge >= 0.3 is 0 Å². The zero-order valence-corrected chi connectivity index (χ0v) is 18.7. The van der Waals surface area contributed by atoms with Gasteiger partial charge in [-0.15, -0.1) is 0 Å². The highest BCUT2D eigenvalue weighted by atomic mass is 32.2. The first-order chi connectivity index (χ1) is 14.5. The fourth-order valence-corrected chi connectivity index (χ4v) is 6.08. The Balaban J connectivity index is 1.62. The third kappa shape index (κ3) is 4.49. The predicted octanol–water partition coefficient (Wildman–Crippen LogP) is 4.83. The lowest BCUT2D eigenvalue weighted by Gasteiger charge is -2.38. The lowest BCUT2D eigenvalue weighted by molar-refractivity contribution is 0.229. The molecule has 4 atom stereocenters. The topological polar surface area (TPSA) is 70.2 Å². The van der Waals surface area contributed by atoms with Crippen LogP contribution in [0.15, 0.2) is 53.4 Å². The van der Waals surface area contributed by atoms with Gasteiger partial charge in [0.05, 0.1) is 16.3 Å². The second-order valence-corrected chi connectivity index (χ2v) is 10.7. The van der Waals surface area contributed by atoms with Crippen LogP contribution in [0.25, 0.3) is 0 Å². The van der Waals surface area contributed by atoms with Crippen molar-refractivity contribution in [1.82, 2.24) is 4.72 Å². The van der Waals surface area contributed by atoms with Crippen LogP contribution in [0.5, 0.6) is 0 Å². The summed E-state index contributed by atoms with van der Waals surface area (Å²) in [4.78, 5) is 0.280. The van der Waals surface area contributed by atoms with Crippen LogP contribution in [0.1, 0.15) is 44.6 Å². The Hall–Kier alpha value is -2.05. The fraction of sp³-hybridized carbons (Fsp3) is 0.500. The molecule has 2 aromatic rings. The van der Waals surface area contributed by atoms with E-state index in [0.29, 0.717) is 18.5 Å². The molecule has 162 valence electrons. The van der Waals surface area contributed by atoms with Gasteiger partial charge in [0.1, 0.15) is 0 Å². The smallest absolute Gasteiger partial charge is 0.240 e. The summed E-state index contributed by atoms with van der Waals surface area (Å²) in [6.07, 6.45) is 6.48. The van der Waals surface area contributed by atoms with Crippen LogP contribution in [-0.4, -0.2) is 21.5 Å². The Bertz CT molecular complexity index is 962. The Labute approximate surface area is 180 Å². The van der Waals surface area contributed by atoms with Crippen molar-refractivity contribution in [1.29, 1.82) is 0 Å². The molecule has 2 aliphatic carbocycles. The molecular weight excluding hydrogens is 394 g/mol. The first kappa shape index (κ1) is 21.2. The number of benzene rings is 2. The van der Waals surface area contributed by atoms with E-state index in [-0.39, 0.29) is 4.90 Å². The molecular formula is C24H33N3O2S. The van der Waals surface area contributed by atoms with E-state index in [1.54, 1.807) is 12.1 Å². The minimum absolute atomic E-state index is 0.280. The molecule has 0 aliphatic heterocycles. The first-order valence-corrected chi connectivity index (χ1v) is 12.6. The number of rotatable bonds is 8. The summed E-state index contributed by atoms with van der Waals surface area (Å²) >= 11 is 0. The largest absolute Gasteiger partial charge is 0.380 e. The summed E-state index contributed by atoms with van der Waals surface area (Å²) in [7, 11) is -2.05. The molecule has 2 bridgehead atoms. The highest BCUT2D eigenvalue weighted by molar-refractivity contribution is 7.89. The maximum absolute atomic E-state index is 12.4. The minimum Gasteiger partial charge on any atom is -0.380 e. The van der Waals surface area contributed by atoms with Crippen LogP contribution < -0.4 is 15.4 Å². The van der Waals surface area contributed by atoms with Crippen LogP contribution in [0.2, 0.25) is 0 Å². The molecule has 5 nitrogen and oxygen atoms in total. The Morgan fingerprint density at radius 3 is 2.53 bits per heavy atom. The van der Waals surface area contributed by atoms with Crippen molar-refractivity contribution in [3.8, 4) is 0 Å². The number of hydrogen-bond donors (Lipinski definition) is 3. The van der Waals surface area contributed by atoms with E-state index in [2.05, 4.69) is 34.4 Å². The molecule has 4 rings (SSSR count). The molecule has 6 heteroatoms. The van der Waals surface area contributed by atoms with Crippen molar-refractivity contribution in [2.45, 2.75) is 56.5 Å². The zero-order valence-electron chi connectivity index (χ0n) is 17.9. The molecule has 2 saturated carbocycles. The van der Waals surface area contributed by atoms with Crippen molar-refractivity contribution in [3.05, 3.63) is 54.1 Å². The van der Waals surface area contributed by atoms with Crippen LogP contribution in [0.3, 0.4) is 0 Å². The minimum atomic E-state index is -3.50. The van der Waals surface area contributed by atoms with E-state index in [1.807, 2.05) is 24.3 Å². The summed E-state index contributed by atoms with van der Waals surface area (Å²) in [5, 5.41) is 7.31. The van der Waals surface area contributed by atoms with Crippen molar-refractivity contribution < 1.29 is 8.42 Å². The monoisotopic (exact) mass is 427 g/mol. The molecule has 3 N–H and O–H groups in total. The molecule has 2 aliphatic rings. The van der Waals surface area contributed by atoms with Gasteiger partial charge < -0.3 is 10.6 Å². The highest BCUT2D eigenvalue weighted by Gasteiger charge is 2.41. The maximum Gasteiger partial charge on any atom is 0.240 e. The van der Waals surface area contributed by atoms with Gasteiger partial charge in [-0.25, -0.2) is 13.1 Å². The van der Waals surface area contributed by atoms with Gasteiger partial charge in [0, 0.05) is 12.6 Å². The molecule has 0 amide bonds.